The fourth-order valence-corrected chi connectivity index (χ4v) is 3.97. The fraction of sp³-hybridized carbons (Fsp3) is 0.294. The molecule has 0 atom stereocenters. The van der Waals surface area contributed by atoms with Crippen molar-refractivity contribution in [2.24, 2.45) is 0 Å². The number of nitrogens with zero attached hydrogens (tertiary/aromatic N) is 2. The van der Waals surface area contributed by atoms with Gasteiger partial charge in [-0.3, -0.25) is 15.1 Å². The second-order valence-electron chi connectivity index (χ2n) is 5.80. The van der Waals surface area contributed by atoms with Crippen LogP contribution in [0.3, 0.4) is 0 Å². The van der Waals surface area contributed by atoms with Crippen LogP contribution in [0.15, 0.2) is 29.2 Å². The number of hydrogen-bond acceptors (Lipinski definition) is 8. The van der Waals surface area contributed by atoms with Crippen molar-refractivity contribution in [2.45, 2.75) is 18.7 Å². The molecule has 27 heavy (non-hydrogen) atoms. The van der Waals surface area contributed by atoms with Gasteiger partial charge < -0.3 is 9.84 Å². The molecule has 10 heteroatoms. The van der Waals surface area contributed by atoms with E-state index in [1.54, 1.807) is 0 Å². The van der Waals surface area contributed by atoms with E-state index in [4.69, 9.17) is 9.84 Å². The Labute approximate surface area is 155 Å². The normalized spacial score (nSPS) is 11.3. The number of esters is 1. The summed E-state index contributed by atoms with van der Waals surface area (Å²) in [6, 6.07) is 5.31. The highest BCUT2D eigenvalue weighted by Crippen LogP contribution is 2.36. The number of aliphatic hydroxyl groups is 1. The molecule has 0 aliphatic heterocycles. The predicted molar refractivity (Wildman–Crippen MR) is 96.3 cm³/mol. The Balaban J connectivity index is 2.92. The SMILES string of the molecule is Cc1nc(C)c(S(C)(=O)=O)c(-c2cccc([N+](=O)[O-])c2)c1C(=O)OCCO. The van der Waals surface area contributed by atoms with Gasteiger partial charge in [-0.05, 0) is 19.4 Å². The third-order valence-electron chi connectivity index (χ3n) is 3.75. The van der Waals surface area contributed by atoms with Crippen molar-refractivity contribution in [3.8, 4) is 11.1 Å². The zero-order chi connectivity index (χ0) is 20.4. The Morgan fingerprint density at radius 3 is 2.52 bits per heavy atom. The van der Waals surface area contributed by atoms with Crippen LogP contribution in [-0.4, -0.2) is 48.9 Å². The minimum absolute atomic E-state index is 0.00543. The lowest BCUT2D eigenvalue weighted by atomic mass is 9.97. The van der Waals surface area contributed by atoms with Gasteiger partial charge in [-0.1, -0.05) is 12.1 Å². The smallest absolute Gasteiger partial charge is 0.340 e. The number of carbonyl (C=O) groups excluding carboxylic acids is 1. The van der Waals surface area contributed by atoms with E-state index in [0.717, 1.165) is 6.26 Å². The minimum Gasteiger partial charge on any atom is -0.460 e. The van der Waals surface area contributed by atoms with Gasteiger partial charge in [0.1, 0.15) is 6.61 Å². The molecule has 0 aliphatic rings. The molecule has 0 saturated heterocycles. The Kier molecular flexibility index (Phi) is 5.91. The maximum absolute atomic E-state index is 12.5. The van der Waals surface area contributed by atoms with E-state index in [1.165, 1.54) is 38.1 Å². The number of sulfone groups is 1. The molecule has 0 unspecified atom stereocenters. The molecule has 0 amide bonds. The number of rotatable bonds is 6. The Morgan fingerprint density at radius 2 is 1.96 bits per heavy atom. The molecule has 1 aromatic heterocycles. The number of aryl methyl sites for hydroxylation is 2. The van der Waals surface area contributed by atoms with E-state index in [9.17, 15) is 23.3 Å². The topological polar surface area (TPSA) is 137 Å². The third-order valence-corrected chi connectivity index (χ3v) is 4.99. The molecule has 0 radical (unpaired) electrons. The van der Waals surface area contributed by atoms with Gasteiger partial charge >= 0.3 is 5.97 Å². The van der Waals surface area contributed by atoms with Crippen molar-refractivity contribution >= 4 is 21.5 Å². The second kappa shape index (κ2) is 7.80. The molecule has 9 nitrogen and oxygen atoms in total. The van der Waals surface area contributed by atoms with Gasteiger partial charge in [-0.15, -0.1) is 0 Å². The van der Waals surface area contributed by atoms with Gasteiger partial charge in [0.25, 0.3) is 5.69 Å². The summed E-state index contributed by atoms with van der Waals surface area (Å²) in [5, 5.41) is 20.0. The molecule has 0 fully saturated rings. The van der Waals surface area contributed by atoms with Crippen LogP contribution in [0.2, 0.25) is 0 Å². The first-order chi connectivity index (χ1) is 12.6. The maximum Gasteiger partial charge on any atom is 0.340 e. The van der Waals surface area contributed by atoms with E-state index in [0.29, 0.717) is 0 Å². The lowest BCUT2D eigenvalue weighted by Crippen LogP contribution is -2.16. The second-order valence-corrected chi connectivity index (χ2v) is 7.75. The van der Waals surface area contributed by atoms with Crippen LogP contribution >= 0.6 is 0 Å². The monoisotopic (exact) mass is 394 g/mol. The van der Waals surface area contributed by atoms with Gasteiger partial charge in [-0.2, -0.15) is 0 Å². The summed E-state index contributed by atoms with van der Waals surface area (Å²) < 4.78 is 29.7. The molecule has 2 aromatic rings. The number of hydrogen-bond donors (Lipinski definition) is 1. The number of benzene rings is 1. The molecule has 144 valence electrons. The highest BCUT2D eigenvalue weighted by molar-refractivity contribution is 7.90. The summed E-state index contributed by atoms with van der Waals surface area (Å²) in [5.41, 5.74) is 0.173. The van der Waals surface area contributed by atoms with Crippen molar-refractivity contribution in [2.75, 3.05) is 19.5 Å². The van der Waals surface area contributed by atoms with E-state index in [-0.39, 0.29) is 45.3 Å². The van der Waals surface area contributed by atoms with Gasteiger partial charge in [-0.25, -0.2) is 13.2 Å². The van der Waals surface area contributed by atoms with Crippen LogP contribution in [0.5, 0.6) is 0 Å². The zero-order valence-corrected chi connectivity index (χ0v) is 15.7. The molecule has 0 spiro atoms. The number of nitro groups is 1. The number of aliphatic hydroxyl groups excluding tert-OH is 1. The van der Waals surface area contributed by atoms with Crippen LogP contribution in [0, 0.1) is 24.0 Å². The van der Waals surface area contributed by atoms with Crippen molar-refractivity contribution in [1.29, 1.82) is 0 Å². The molecule has 0 bridgehead atoms. The van der Waals surface area contributed by atoms with E-state index in [2.05, 4.69) is 4.98 Å². The Morgan fingerprint density at radius 1 is 1.30 bits per heavy atom. The highest BCUT2D eigenvalue weighted by atomic mass is 32.2. The summed E-state index contributed by atoms with van der Waals surface area (Å²) in [7, 11) is -3.83. The number of aromatic nitrogens is 1. The number of carbonyl (C=O) groups is 1. The minimum atomic E-state index is -3.83. The van der Waals surface area contributed by atoms with Gasteiger partial charge in [0.2, 0.25) is 0 Å². The molecular formula is C17H18N2O7S. The summed E-state index contributed by atoms with van der Waals surface area (Å²) in [4.78, 5) is 27.0. The van der Waals surface area contributed by atoms with E-state index >= 15 is 0 Å². The number of ether oxygens (including phenoxy) is 1. The molecule has 0 saturated carbocycles. The first-order valence-electron chi connectivity index (χ1n) is 7.82. The number of non-ortho nitro benzene ring substituents is 1. The molecule has 2 rings (SSSR count). The molecule has 1 heterocycles. The van der Waals surface area contributed by atoms with Crippen LogP contribution in [-0.2, 0) is 14.6 Å². The molecule has 0 aliphatic carbocycles. The first kappa shape index (κ1) is 20.5. The predicted octanol–water partition coefficient (Wildman–Crippen LogP) is 1.83. The van der Waals surface area contributed by atoms with Crippen molar-refractivity contribution in [3.05, 3.63) is 51.3 Å². The average molecular weight is 394 g/mol. The summed E-state index contributed by atoms with van der Waals surface area (Å²) >= 11 is 0. The van der Waals surface area contributed by atoms with Gasteiger partial charge in [0.05, 0.1) is 33.4 Å². The van der Waals surface area contributed by atoms with Gasteiger partial charge in [0, 0.05) is 24.0 Å². The van der Waals surface area contributed by atoms with Gasteiger partial charge in [0.15, 0.2) is 9.84 Å². The maximum atomic E-state index is 12.5. The van der Waals surface area contributed by atoms with Crippen LogP contribution < -0.4 is 0 Å². The van der Waals surface area contributed by atoms with Crippen LogP contribution in [0.4, 0.5) is 5.69 Å². The zero-order valence-electron chi connectivity index (χ0n) is 14.9. The van der Waals surface area contributed by atoms with E-state index in [1.807, 2.05) is 0 Å². The number of pyridine rings is 1. The molecule has 1 aromatic carbocycles. The van der Waals surface area contributed by atoms with Crippen LogP contribution in [0.25, 0.3) is 11.1 Å². The standard InChI is InChI=1S/C17H18N2O7S/c1-10-14(17(21)26-8-7-20)15(16(11(2)18-10)27(3,24)25)12-5-4-6-13(9-12)19(22)23/h4-6,9,20H,7-8H2,1-3H3. The van der Waals surface area contributed by atoms with Crippen molar-refractivity contribution in [1.82, 2.24) is 4.98 Å². The molecule has 1 N–H and O–H groups in total. The average Bonchev–Trinajstić information content (AvgIpc) is 2.57. The Hall–Kier alpha value is -2.85. The largest absolute Gasteiger partial charge is 0.460 e. The highest BCUT2D eigenvalue weighted by Gasteiger charge is 2.28. The lowest BCUT2D eigenvalue weighted by Gasteiger charge is -2.17. The molecular weight excluding hydrogens is 376 g/mol. The van der Waals surface area contributed by atoms with E-state index < -0.39 is 27.3 Å². The third kappa shape index (κ3) is 4.29. The van der Waals surface area contributed by atoms with Crippen LogP contribution in [0.1, 0.15) is 21.7 Å². The fourth-order valence-electron chi connectivity index (χ4n) is 2.80. The first-order valence-corrected chi connectivity index (χ1v) is 9.71. The summed E-state index contributed by atoms with van der Waals surface area (Å²) in [5.74, 6) is -0.875. The summed E-state index contributed by atoms with van der Waals surface area (Å²) in [6.45, 7) is 2.30. The Bertz CT molecular complexity index is 1020. The number of nitro benzene ring substituents is 1. The lowest BCUT2D eigenvalue weighted by molar-refractivity contribution is -0.384. The van der Waals surface area contributed by atoms with Crippen molar-refractivity contribution < 1.29 is 28.0 Å². The summed E-state index contributed by atoms with van der Waals surface area (Å²) in [6.07, 6.45) is 0.968. The quantitative estimate of drug-likeness (QED) is 0.445. The van der Waals surface area contributed by atoms with Crippen molar-refractivity contribution in [3.63, 3.8) is 0 Å².